The first-order valence-corrected chi connectivity index (χ1v) is 6.26. The predicted octanol–water partition coefficient (Wildman–Crippen LogP) is 2.85. The minimum atomic E-state index is -1.02. The fraction of sp³-hybridized carbons (Fsp3) is 0.417. The number of aliphatic carboxylic acids is 1. The molecule has 100 valence electrons. The molecule has 1 aromatic rings. The third kappa shape index (κ3) is 4.62. The summed E-state index contributed by atoms with van der Waals surface area (Å²) in [6.45, 7) is 2.24. The number of carboxylic acid groups (broad SMARTS) is 1. The van der Waals surface area contributed by atoms with E-state index in [0.717, 1.165) is 0 Å². The van der Waals surface area contributed by atoms with Gasteiger partial charge in [-0.15, -0.1) is 0 Å². The van der Waals surface area contributed by atoms with Crippen molar-refractivity contribution in [3.8, 4) is 5.75 Å². The van der Waals surface area contributed by atoms with E-state index in [1.165, 1.54) is 18.2 Å². The molecule has 0 heterocycles. The van der Waals surface area contributed by atoms with Crippen LogP contribution >= 0.6 is 15.9 Å². The van der Waals surface area contributed by atoms with Gasteiger partial charge in [0, 0.05) is 13.0 Å². The lowest BCUT2D eigenvalue weighted by atomic mass is 10.2. The molecular formula is C12H14BrFO4. The van der Waals surface area contributed by atoms with Gasteiger partial charge in [-0.2, -0.15) is 0 Å². The van der Waals surface area contributed by atoms with Crippen LogP contribution in [0.1, 0.15) is 13.3 Å². The molecule has 1 unspecified atom stereocenters. The van der Waals surface area contributed by atoms with Crippen molar-refractivity contribution in [2.75, 3.05) is 13.2 Å². The zero-order valence-corrected chi connectivity index (χ0v) is 11.4. The van der Waals surface area contributed by atoms with Crippen LogP contribution in [-0.2, 0) is 9.53 Å². The molecular weight excluding hydrogens is 307 g/mol. The molecule has 0 saturated heterocycles. The number of carboxylic acids is 1. The van der Waals surface area contributed by atoms with Crippen LogP contribution in [0.4, 0.5) is 4.39 Å². The quantitative estimate of drug-likeness (QED) is 0.839. The number of carbonyl (C=O) groups is 1. The topological polar surface area (TPSA) is 55.8 Å². The third-order valence-corrected chi connectivity index (χ3v) is 2.79. The molecule has 0 amide bonds. The van der Waals surface area contributed by atoms with Crippen molar-refractivity contribution in [3.63, 3.8) is 0 Å². The van der Waals surface area contributed by atoms with Crippen LogP contribution in [0.15, 0.2) is 22.7 Å². The Morgan fingerprint density at radius 1 is 1.56 bits per heavy atom. The molecule has 0 aromatic heterocycles. The Hall–Kier alpha value is -1.14. The summed E-state index contributed by atoms with van der Waals surface area (Å²) < 4.78 is 23.7. The molecule has 0 radical (unpaired) electrons. The van der Waals surface area contributed by atoms with E-state index in [0.29, 0.717) is 16.8 Å². The summed E-state index contributed by atoms with van der Waals surface area (Å²) in [6.07, 6.45) is -0.651. The van der Waals surface area contributed by atoms with E-state index >= 15 is 0 Å². The molecule has 4 nitrogen and oxygen atoms in total. The average molecular weight is 321 g/mol. The second-order valence-corrected chi connectivity index (χ2v) is 4.35. The number of hydrogen-bond donors (Lipinski definition) is 1. The van der Waals surface area contributed by atoms with Gasteiger partial charge in [-0.05, 0) is 41.1 Å². The SMILES string of the molecule is CCOC(CCOc1ccc(F)cc1Br)C(=O)O. The van der Waals surface area contributed by atoms with Crippen LogP contribution in [0.5, 0.6) is 5.75 Å². The molecule has 0 fully saturated rings. The molecule has 1 rings (SSSR count). The van der Waals surface area contributed by atoms with E-state index < -0.39 is 12.1 Å². The van der Waals surface area contributed by atoms with Gasteiger partial charge in [-0.1, -0.05) is 0 Å². The number of benzene rings is 1. The third-order valence-electron chi connectivity index (χ3n) is 2.17. The van der Waals surface area contributed by atoms with E-state index in [4.69, 9.17) is 14.6 Å². The monoisotopic (exact) mass is 320 g/mol. The summed E-state index contributed by atoms with van der Waals surface area (Å²) in [5, 5.41) is 8.85. The second kappa shape index (κ2) is 7.33. The lowest BCUT2D eigenvalue weighted by molar-refractivity contribution is -0.150. The van der Waals surface area contributed by atoms with Gasteiger partial charge < -0.3 is 14.6 Å². The Bertz CT molecular complexity index is 411. The van der Waals surface area contributed by atoms with Crippen molar-refractivity contribution in [2.45, 2.75) is 19.4 Å². The fourth-order valence-electron chi connectivity index (χ4n) is 1.35. The van der Waals surface area contributed by atoms with Crippen LogP contribution in [0, 0.1) is 5.82 Å². The Labute approximate surface area is 113 Å². The Morgan fingerprint density at radius 3 is 2.83 bits per heavy atom. The Balaban J connectivity index is 2.47. The predicted molar refractivity (Wildman–Crippen MR) is 67.3 cm³/mol. The van der Waals surface area contributed by atoms with Gasteiger partial charge in [0.15, 0.2) is 6.10 Å². The Morgan fingerprint density at radius 2 is 2.28 bits per heavy atom. The van der Waals surface area contributed by atoms with Gasteiger partial charge in [-0.25, -0.2) is 9.18 Å². The molecule has 0 saturated carbocycles. The van der Waals surface area contributed by atoms with Crippen LogP contribution in [-0.4, -0.2) is 30.4 Å². The average Bonchev–Trinajstić information content (AvgIpc) is 2.30. The van der Waals surface area contributed by atoms with Crippen molar-refractivity contribution in [2.24, 2.45) is 0 Å². The van der Waals surface area contributed by atoms with Gasteiger partial charge in [0.25, 0.3) is 0 Å². The van der Waals surface area contributed by atoms with Gasteiger partial charge >= 0.3 is 5.97 Å². The second-order valence-electron chi connectivity index (χ2n) is 3.49. The standard InChI is InChI=1S/C12H14BrFO4/c1-2-17-11(12(15)16)5-6-18-10-4-3-8(14)7-9(10)13/h3-4,7,11H,2,5-6H2,1H3,(H,15,16). The summed E-state index contributed by atoms with van der Waals surface area (Å²) in [4.78, 5) is 10.8. The van der Waals surface area contributed by atoms with Gasteiger partial charge in [0.2, 0.25) is 0 Å². The molecule has 1 aromatic carbocycles. The molecule has 0 bridgehead atoms. The molecule has 0 aliphatic carbocycles. The highest BCUT2D eigenvalue weighted by molar-refractivity contribution is 9.10. The number of hydrogen-bond acceptors (Lipinski definition) is 3. The highest BCUT2D eigenvalue weighted by Crippen LogP contribution is 2.25. The van der Waals surface area contributed by atoms with E-state index in [1.807, 2.05) is 0 Å². The fourth-order valence-corrected chi connectivity index (χ4v) is 1.81. The minimum Gasteiger partial charge on any atom is -0.492 e. The van der Waals surface area contributed by atoms with Crippen molar-refractivity contribution < 1.29 is 23.8 Å². The molecule has 0 aliphatic heterocycles. The van der Waals surface area contributed by atoms with Crippen molar-refractivity contribution in [3.05, 3.63) is 28.5 Å². The first-order valence-electron chi connectivity index (χ1n) is 5.46. The van der Waals surface area contributed by atoms with Crippen LogP contribution in [0.3, 0.4) is 0 Å². The van der Waals surface area contributed by atoms with Crippen molar-refractivity contribution in [1.29, 1.82) is 0 Å². The van der Waals surface area contributed by atoms with E-state index in [-0.39, 0.29) is 18.8 Å². The zero-order chi connectivity index (χ0) is 13.5. The van der Waals surface area contributed by atoms with Gasteiger partial charge in [-0.3, -0.25) is 0 Å². The molecule has 1 atom stereocenters. The van der Waals surface area contributed by atoms with Gasteiger partial charge in [0.1, 0.15) is 11.6 Å². The highest BCUT2D eigenvalue weighted by atomic mass is 79.9. The first kappa shape index (κ1) is 14.9. The lowest BCUT2D eigenvalue weighted by Crippen LogP contribution is -2.26. The van der Waals surface area contributed by atoms with E-state index in [2.05, 4.69) is 15.9 Å². The van der Waals surface area contributed by atoms with E-state index in [1.54, 1.807) is 6.92 Å². The minimum absolute atomic E-state index is 0.182. The molecule has 0 spiro atoms. The summed E-state index contributed by atoms with van der Waals surface area (Å²) >= 11 is 3.16. The summed E-state index contributed by atoms with van der Waals surface area (Å²) in [6, 6.07) is 4.04. The maximum atomic E-state index is 12.8. The summed E-state index contributed by atoms with van der Waals surface area (Å²) in [5.41, 5.74) is 0. The van der Waals surface area contributed by atoms with Gasteiger partial charge in [0.05, 0.1) is 11.1 Å². The smallest absolute Gasteiger partial charge is 0.332 e. The van der Waals surface area contributed by atoms with Crippen LogP contribution in [0.2, 0.25) is 0 Å². The first-order chi connectivity index (χ1) is 8.54. The molecule has 0 aliphatic rings. The number of ether oxygens (including phenoxy) is 2. The van der Waals surface area contributed by atoms with Crippen LogP contribution < -0.4 is 4.74 Å². The van der Waals surface area contributed by atoms with E-state index in [9.17, 15) is 9.18 Å². The lowest BCUT2D eigenvalue weighted by Gasteiger charge is -2.13. The maximum Gasteiger partial charge on any atom is 0.332 e. The Kier molecular flexibility index (Phi) is 6.07. The molecule has 1 N–H and O–H groups in total. The summed E-state index contributed by atoms with van der Waals surface area (Å²) in [7, 11) is 0. The van der Waals surface area contributed by atoms with Crippen molar-refractivity contribution in [1.82, 2.24) is 0 Å². The molecule has 6 heteroatoms. The zero-order valence-electron chi connectivity index (χ0n) is 9.86. The largest absolute Gasteiger partial charge is 0.492 e. The molecule has 18 heavy (non-hydrogen) atoms. The normalized spacial score (nSPS) is 12.2. The number of rotatable bonds is 7. The highest BCUT2D eigenvalue weighted by Gasteiger charge is 2.17. The van der Waals surface area contributed by atoms with Crippen molar-refractivity contribution >= 4 is 21.9 Å². The van der Waals surface area contributed by atoms with Crippen LogP contribution in [0.25, 0.3) is 0 Å². The summed E-state index contributed by atoms with van der Waals surface area (Å²) in [5.74, 6) is -0.914. The maximum absolute atomic E-state index is 12.8. The number of halogens is 2.